The maximum absolute atomic E-state index is 12.6. The zero-order valence-corrected chi connectivity index (χ0v) is 8.69. The molecule has 96 valence electrons. The van der Waals surface area contributed by atoms with Crippen molar-refractivity contribution < 1.29 is 23.1 Å². The highest BCUT2D eigenvalue weighted by Gasteiger charge is 2.32. The quantitative estimate of drug-likeness (QED) is 0.625. The number of benzene rings is 1. The minimum atomic E-state index is -4.60. The fraction of sp³-hybridized carbons (Fsp3) is 0.111. The molecule has 0 radical (unpaired) electrons. The highest BCUT2D eigenvalue weighted by Crippen LogP contribution is 2.35. The first-order valence-corrected chi connectivity index (χ1v) is 4.60. The molecule has 5 N–H and O–H groups in total. The van der Waals surface area contributed by atoms with E-state index in [9.17, 15) is 18.0 Å². The van der Waals surface area contributed by atoms with Crippen LogP contribution >= 0.6 is 0 Å². The molecule has 0 fully saturated rings. The van der Waals surface area contributed by atoms with Gasteiger partial charge in [-0.3, -0.25) is 0 Å². The second kappa shape index (κ2) is 3.52. The van der Waals surface area contributed by atoms with Gasteiger partial charge < -0.3 is 16.6 Å². The Kier molecular flexibility index (Phi) is 2.35. The molecule has 0 atom stereocenters. The molecule has 0 saturated carbocycles. The SMILES string of the molecule is Nc1cc(C(F)(F)F)cc2c(N)n(C(=O)O)nc12. The summed E-state index contributed by atoms with van der Waals surface area (Å²) in [4.78, 5) is 10.7. The van der Waals surface area contributed by atoms with Gasteiger partial charge in [0.05, 0.1) is 11.3 Å². The van der Waals surface area contributed by atoms with E-state index in [1.807, 2.05) is 0 Å². The average molecular weight is 260 g/mol. The predicted octanol–water partition coefficient (Wildman–Crippen LogP) is 1.75. The molecular formula is C9H7F3N4O2. The van der Waals surface area contributed by atoms with Crippen LogP contribution in [0.25, 0.3) is 10.9 Å². The monoisotopic (exact) mass is 260 g/mol. The Balaban J connectivity index is 2.80. The molecule has 0 aliphatic heterocycles. The number of fused-ring (bicyclic) bond motifs is 1. The number of rotatable bonds is 0. The Labute approximate surface area is 97.6 Å². The molecular weight excluding hydrogens is 253 g/mol. The third-order valence-corrected chi connectivity index (χ3v) is 2.35. The lowest BCUT2D eigenvalue weighted by molar-refractivity contribution is -0.137. The molecule has 18 heavy (non-hydrogen) atoms. The summed E-state index contributed by atoms with van der Waals surface area (Å²) in [7, 11) is 0. The summed E-state index contributed by atoms with van der Waals surface area (Å²) in [5, 5.41) is 12.1. The Morgan fingerprint density at radius 3 is 2.44 bits per heavy atom. The maximum atomic E-state index is 12.6. The second-order valence-corrected chi connectivity index (χ2v) is 3.54. The molecule has 0 saturated heterocycles. The summed E-state index contributed by atoms with van der Waals surface area (Å²) in [5.74, 6) is -0.407. The van der Waals surface area contributed by atoms with Gasteiger partial charge in [0.1, 0.15) is 11.3 Å². The molecule has 0 spiro atoms. The number of nitrogens with zero attached hydrogens (tertiary/aromatic N) is 2. The summed E-state index contributed by atoms with van der Waals surface area (Å²) in [6.07, 6.45) is -6.10. The van der Waals surface area contributed by atoms with Crippen LogP contribution in [0.5, 0.6) is 0 Å². The molecule has 0 aliphatic carbocycles. The van der Waals surface area contributed by atoms with Crippen molar-refractivity contribution >= 4 is 28.5 Å². The number of alkyl halides is 3. The van der Waals surface area contributed by atoms with Gasteiger partial charge in [-0.05, 0) is 12.1 Å². The van der Waals surface area contributed by atoms with Crippen LogP contribution in [0, 0.1) is 0 Å². The van der Waals surface area contributed by atoms with E-state index in [0.29, 0.717) is 16.8 Å². The van der Waals surface area contributed by atoms with Gasteiger partial charge in [-0.15, -0.1) is 4.68 Å². The van der Waals surface area contributed by atoms with E-state index in [0.717, 1.165) is 0 Å². The van der Waals surface area contributed by atoms with Crippen molar-refractivity contribution in [3.8, 4) is 0 Å². The van der Waals surface area contributed by atoms with Crippen molar-refractivity contribution in [3.05, 3.63) is 17.7 Å². The molecule has 2 aromatic rings. The van der Waals surface area contributed by atoms with E-state index < -0.39 is 23.7 Å². The van der Waals surface area contributed by atoms with Crippen LogP contribution in [0.1, 0.15) is 5.56 Å². The third kappa shape index (κ3) is 1.69. The van der Waals surface area contributed by atoms with E-state index in [2.05, 4.69) is 5.10 Å². The Morgan fingerprint density at radius 2 is 1.94 bits per heavy atom. The van der Waals surface area contributed by atoms with E-state index >= 15 is 0 Å². The lowest BCUT2D eigenvalue weighted by Crippen LogP contribution is -2.12. The van der Waals surface area contributed by atoms with Gasteiger partial charge >= 0.3 is 12.3 Å². The summed E-state index contributed by atoms with van der Waals surface area (Å²) in [6.45, 7) is 0. The van der Waals surface area contributed by atoms with Crippen molar-refractivity contribution in [2.75, 3.05) is 11.5 Å². The Bertz CT molecular complexity index is 647. The van der Waals surface area contributed by atoms with Crippen molar-refractivity contribution in [3.63, 3.8) is 0 Å². The topological polar surface area (TPSA) is 107 Å². The fourth-order valence-corrected chi connectivity index (χ4v) is 1.54. The van der Waals surface area contributed by atoms with Crippen molar-refractivity contribution in [1.29, 1.82) is 0 Å². The van der Waals surface area contributed by atoms with E-state index in [4.69, 9.17) is 16.6 Å². The van der Waals surface area contributed by atoms with Crippen molar-refractivity contribution in [1.82, 2.24) is 9.78 Å². The van der Waals surface area contributed by atoms with Gasteiger partial charge in [0.15, 0.2) is 0 Å². The van der Waals surface area contributed by atoms with E-state index in [1.54, 1.807) is 0 Å². The molecule has 2 rings (SSSR count). The molecule has 6 nitrogen and oxygen atoms in total. The standard InChI is InChI=1S/C9H7F3N4O2/c10-9(11,12)3-1-4-6(5(13)2-3)15-16(7(4)14)8(17)18/h1-2H,13-14H2,(H,17,18). The summed E-state index contributed by atoms with van der Waals surface area (Å²) in [6, 6.07) is 1.40. The van der Waals surface area contributed by atoms with Crippen LogP contribution in [0.15, 0.2) is 12.1 Å². The molecule has 1 aromatic heterocycles. The number of anilines is 2. The van der Waals surface area contributed by atoms with Crippen LogP contribution in [0.2, 0.25) is 0 Å². The number of hydrogen-bond donors (Lipinski definition) is 3. The zero-order valence-electron chi connectivity index (χ0n) is 8.69. The number of halogens is 3. The van der Waals surface area contributed by atoms with Crippen molar-refractivity contribution in [2.45, 2.75) is 6.18 Å². The highest BCUT2D eigenvalue weighted by atomic mass is 19.4. The third-order valence-electron chi connectivity index (χ3n) is 2.35. The van der Waals surface area contributed by atoms with Gasteiger partial charge in [0.25, 0.3) is 0 Å². The van der Waals surface area contributed by atoms with E-state index in [1.165, 1.54) is 0 Å². The van der Waals surface area contributed by atoms with Crippen LogP contribution in [0.3, 0.4) is 0 Å². The second-order valence-electron chi connectivity index (χ2n) is 3.54. The molecule has 1 aromatic carbocycles. The number of hydrogen-bond acceptors (Lipinski definition) is 4. The van der Waals surface area contributed by atoms with Gasteiger partial charge in [-0.1, -0.05) is 0 Å². The average Bonchev–Trinajstić information content (AvgIpc) is 2.56. The highest BCUT2D eigenvalue weighted by molar-refractivity contribution is 5.99. The minimum Gasteiger partial charge on any atom is -0.463 e. The number of aromatic nitrogens is 2. The summed E-state index contributed by atoms with van der Waals surface area (Å²) < 4.78 is 38.0. The molecule has 1 heterocycles. The van der Waals surface area contributed by atoms with Crippen LogP contribution < -0.4 is 11.5 Å². The first-order valence-electron chi connectivity index (χ1n) is 4.60. The summed E-state index contributed by atoms with van der Waals surface area (Å²) in [5.41, 5.74) is 9.45. The lowest BCUT2D eigenvalue weighted by atomic mass is 10.1. The molecule has 0 aliphatic rings. The van der Waals surface area contributed by atoms with Gasteiger partial charge in [0.2, 0.25) is 0 Å². The first kappa shape index (κ1) is 12.0. The van der Waals surface area contributed by atoms with E-state index in [-0.39, 0.29) is 16.6 Å². The Hall–Kier alpha value is -2.45. The largest absolute Gasteiger partial charge is 0.463 e. The van der Waals surface area contributed by atoms with Gasteiger partial charge in [-0.2, -0.15) is 18.3 Å². The molecule has 0 unspecified atom stereocenters. The fourth-order valence-electron chi connectivity index (χ4n) is 1.54. The number of nitrogen functional groups attached to an aromatic ring is 2. The zero-order chi connectivity index (χ0) is 13.7. The Morgan fingerprint density at radius 1 is 1.33 bits per heavy atom. The maximum Gasteiger partial charge on any atom is 0.434 e. The van der Waals surface area contributed by atoms with Crippen molar-refractivity contribution in [2.24, 2.45) is 0 Å². The lowest BCUT2D eigenvalue weighted by Gasteiger charge is -2.07. The predicted molar refractivity (Wildman–Crippen MR) is 57.0 cm³/mol. The van der Waals surface area contributed by atoms with Crippen LogP contribution in [-0.4, -0.2) is 21.0 Å². The molecule has 0 bridgehead atoms. The van der Waals surface area contributed by atoms with Gasteiger partial charge in [0, 0.05) is 5.39 Å². The van der Waals surface area contributed by atoms with Crippen LogP contribution in [0.4, 0.5) is 29.5 Å². The number of carboxylic acid groups (broad SMARTS) is 1. The van der Waals surface area contributed by atoms with Gasteiger partial charge in [-0.25, -0.2) is 4.79 Å². The van der Waals surface area contributed by atoms with Crippen LogP contribution in [-0.2, 0) is 6.18 Å². The number of nitrogens with two attached hydrogens (primary N) is 2. The minimum absolute atomic E-state index is 0.0806. The first-order chi connectivity index (χ1) is 8.21. The number of carbonyl (C=O) groups is 1. The summed E-state index contributed by atoms with van der Waals surface area (Å²) >= 11 is 0. The molecule has 0 amide bonds. The normalized spacial score (nSPS) is 11.9. The smallest absolute Gasteiger partial charge is 0.434 e. The molecule has 9 heteroatoms.